The summed E-state index contributed by atoms with van der Waals surface area (Å²) >= 11 is 5.13. The molecule has 0 atom stereocenters. The number of hydrogen-bond acceptors (Lipinski definition) is 5. The number of thiocarbonyl (C=S) groups is 1. The van der Waals surface area contributed by atoms with E-state index in [1.807, 2.05) is 25.1 Å². The number of hydrogen-bond donors (Lipinski definition) is 2. The number of rotatable bonds is 6. The molecular weight excluding hydrogens is 376 g/mol. The van der Waals surface area contributed by atoms with Gasteiger partial charge in [-0.15, -0.1) is 0 Å². The Morgan fingerprint density at radius 3 is 2.36 bits per heavy atom. The predicted octanol–water partition coefficient (Wildman–Crippen LogP) is 3.80. The molecule has 148 valence electrons. The fourth-order valence-corrected chi connectivity index (χ4v) is 2.90. The van der Waals surface area contributed by atoms with Crippen LogP contribution in [-0.2, 0) is 9.53 Å². The van der Waals surface area contributed by atoms with E-state index in [4.69, 9.17) is 17.0 Å². The average molecular weight is 401 g/mol. The van der Waals surface area contributed by atoms with Gasteiger partial charge in [-0.25, -0.2) is 4.79 Å². The molecule has 6 nitrogen and oxygen atoms in total. The third-order valence-electron chi connectivity index (χ3n) is 4.05. The van der Waals surface area contributed by atoms with E-state index in [0.717, 1.165) is 5.56 Å². The lowest BCUT2D eigenvalue weighted by molar-refractivity contribution is -0.121. The molecule has 0 saturated carbocycles. The van der Waals surface area contributed by atoms with Crippen LogP contribution in [0.3, 0.4) is 0 Å². The first-order valence-electron chi connectivity index (χ1n) is 8.82. The summed E-state index contributed by atoms with van der Waals surface area (Å²) in [7, 11) is 1.32. The molecule has 2 rings (SSSR count). The van der Waals surface area contributed by atoms with Gasteiger partial charge in [-0.3, -0.25) is 10.1 Å². The minimum Gasteiger partial charge on any atom is -0.484 e. The van der Waals surface area contributed by atoms with Gasteiger partial charge >= 0.3 is 5.97 Å². The molecule has 0 saturated heterocycles. The highest BCUT2D eigenvalue weighted by molar-refractivity contribution is 7.80. The van der Waals surface area contributed by atoms with Crippen molar-refractivity contribution in [3.8, 4) is 5.75 Å². The van der Waals surface area contributed by atoms with Crippen LogP contribution in [0, 0.1) is 6.92 Å². The first-order valence-corrected chi connectivity index (χ1v) is 9.23. The Morgan fingerprint density at radius 2 is 1.79 bits per heavy atom. The second kappa shape index (κ2) is 9.85. The Kier molecular flexibility index (Phi) is 7.52. The van der Waals surface area contributed by atoms with Gasteiger partial charge in [0.05, 0.1) is 12.7 Å². The minimum atomic E-state index is -0.420. The SMILES string of the molecule is COC(=O)c1ccc(NC(=S)NC(=O)COc2ccc(C(C)C)c(C)c2)cc1. The summed E-state index contributed by atoms with van der Waals surface area (Å²) in [4.78, 5) is 23.4. The van der Waals surface area contributed by atoms with E-state index in [9.17, 15) is 9.59 Å². The molecule has 0 spiro atoms. The molecule has 0 aliphatic carbocycles. The molecule has 0 bridgehead atoms. The van der Waals surface area contributed by atoms with Crippen molar-refractivity contribution < 1.29 is 19.1 Å². The molecule has 28 heavy (non-hydrogen) atoms. The van der Waals surface area contributed by atoms with Crippen LogP contribution in [0.2, 0.25) is 0 Å². The van der Waals surface area contributed by atoms with Gasteiger partial charge in [-0.2, -0.15) is 0 Å². The number of carbonyl (C=O) groups is 2. The summed E-state index contributed by atoms with van der Waals surface area (Å²) in [5.74, 6) is 0.280. The van der Waals surface area contributed by atoms with Gasteiger partial charge < -0.3 is 14.8 Å². The van der Waals surface area contributed by atoms with Crippen LogP contribution >= 0.6 is 12.2 Å². The maximum absolute atomic E-state index is 12.0. The topological polar surface area (TPSA) is 76.7 Å². The second-order valence-electron chi connectivity index (χ2n) is 6.53. The van der Waals surface area contributed by atoms with Crippen molar-refractivity contribution in [1.29, 1.82) is 0 Å². The molecule has 2 aromatic rings. The van der Waals surface area contributed by atoms with Gasteiger partial charge in [0.1, 0.15) is 5.75 Å². The van der Waals surface area contributed by atoms with E-state index in [1.165, 1.54) is 12.7 Å². The standard InChI is InChI=1S/C21H24N2O4S/c1-13(2)18-10-9-17(11-14(18)3)27-12-19(24)23-21(28)22-16-7-5-15(6-8-16)20(25)26-4/h5-11,13H,12H2,1-4H3,(H2,22,23,24,28). The van der Waals surface area contributed by atoms with Crippen LogP contribution in [0.5, 0.6) is 5.75 Å². The highest BCUT2D eigenvalue weighted by Gasteiger charge is 2.09. The minimum absolute atomic E-state index is 0.144. The smallest absolute Gasteiger partial charge is 0.337 e. The molecule has 0 unspecified atom stereocenters. The van der Waals surface area contributed by atoms with E-state index in [1.54, 1.807) is 24.3 Å². The summed E-state index contributed by atoms with van der Waals surface area (Å²) in [6.45, 7) is 6.14. The average Bonchev–Trinajstić information content (AvgIpc) is 2.66. The van der Waals surface area contributed by atoms with Crippen LogP contribution in [0.1, 0.15) is 41.3 Å². The van der Waals surface area contributed by atoms with Crippen LogP contribution in [0.25, 0.3) is 0 Å². The van der Waals surface area contributed by atoms with Crippen LogP contribution < -0.4 is 15.4 Å². The van der Waals surface area contributed by atoms with Crippen molar-refractivity contribution in [2.45, 2.75) is 26.7 Å². The molecule has 0 fully saturated rings. The molecule has 0 heterocycles. The van der Waals surface area contributed by atoms with E-state index in [-0.39, 0.29) is 17.6 Å². The Morgan fingerprint density at radius 1 is 1.11 bits per heavy atom. The van der Waals surface area contributed by atoms with Crippen molar-refractivity contribution in [3.05, 3.63) is 59.2 Å². The summed E-state index contributed by atoms with van der Waals surface area (Å²) in [6, 6.07) is 12.3. The Bertz CT molecular complexity index is 863. The van der Waals surface area contributed by atoms with E-state index in [2.05, 4.69) is 29.2 Å². The van der Waals surface area contributed by atoms with Crippen molar-refractivity contribution in [2.24, 2.45) is 0 Å². The lowest BCUT2D eigenvalue weighted by Gasteiger charge is -2.13. The Hall–Kier alpha value is -2.93. The number of carbonyl (C=O) groups excluding carboxylic acids is 2. The van der Waals surface area contributed by atoms with Gasteiger partial charge in [-0.1, -0.05) is 19.9 Å². The normalized spacial score (nSPS) is 10.3. The number of amides is 1. The Labute approximate surface area is 170 Å². The number of ether oxygens (including phenoxy) is 2. The maximum Gasteiger partial charge on any atom is 0.337 e. The molecule has 0 radical (unpaired) electrons. The van der Waals surface area contributed by atoms with Crippen molar-refractivity contribution >= 4 is 34.9 Å². The van der Waals surface area contributed by atoms with Crippen molar-refractivity contribution in [3.63, 3.8) is 0 Å². The number of aryl methyl sites for hydroxylation is 1. The second-order valence-corrected chi connectivity index (χ2v) is 6.94. The highest BCUT2D eigenvalue weighted by Crippen LogP contribution is 2.23. The van der Waals surface area contributed by atoms with Crippen molar-refractivity contribution in [1.82, 2.24) is 5.32 Å². The lowest BCUT2D eigenvalue weighted by Crippen LogP contribution is -2.37. The zero-order valence-corrected chi connectivity index (χ0v) is 17.2. The van der Waals surface area contributed by atoms with E-state index in [0.29, 0.717) is 22.9 Å². The number of esters is 1. The third-order valence-corrected chi connectivity index (χ3v) is 4.25. The maximum atomic E-state index is 12.0. The van der Waals surface area contributed by atoms with E-state index >= 15 is 0 Å². The van der Waals surface area contributed by atoms with E-state index < -0.39 is 5.97 Å². The highest BCUT2D eigenvalue weighted by atomic mass is 32.1. The van der Waals surface area contributed by atoms with Gasteiger partial charge in [0, 0.05) is 5.69 Å². The lowest BCUT2D eigenvalue weighted by atomic mass is 9.98. The van der Waals surface area contributed by atoms with Gasteiger partial charge in [-0.05, 0) is 72.6 Å². The largest absolute Gasteiger partial charge is 0.484 e. The fourth-order valence-electron chi connectivity index (χ4n) is 2.67. The molecule has 2 N–H and O–H groups in total. The number of anilines is 1. The molecule has 2 aromatic carbocycles. The van der Waals surface area contributed by atoms with Gasteiger partial charge in [0.15, 0.2) is 11.7 Å². The summed E-state index contributed by atoms with van der Waals surface area (Å²) in [6.07, 6.45) is 0. The van der Waals surface area contributed by atoms with Gasteiger partial charge in [0.2, 0.25) is 0 Å². The quantitative estimate of drug-likeness (QED) is 0.567. The number of methoxy groups -OCH3 is 1. The molecule has 0 aromatic heterocycles. The summed E-state index contributed by atoms with van der Waals surface area (Å²) in [5, 5.41) is 5.58. The molecule has 0 aliphatic heterocycles. The molecular formula is C21H24N2O4S. The van der Waals surface area contributed by atoms with Crippen LogP contribution in [0.4, 0.5) is 5.69 Å². The monoisotopic (exact) mass is 400 g/mol. The predicted molar refractivity (Wildman–Crippen MR) is 113 cm³/mol. The molecule has 0 aliphatic rings. The fraction of sp³-hybridized carbons (Fsp3) is 0.286. The van der Waals surface area contributed by atoms with Gasteiger partial charge in [0.25, 0.3) is 5.91 Å². The first-order chi connectivity index (χ1) is 13.3. The molecule has 1 amide bonds. The number of nitrogens with one attached hydrogen (secondary N) is 2. The molecule has 7 heteroatoms. The zero-order valence-electron chi connectivity index (χ0n) is 16.4. The Balaban J connectivity index is 1.83. The van der Waals surface area contributed by atoms with Crippen LogP contribution in [0.15, 0.2) is 42.5 Å². The number of benzene rings is 2. The van der Waals surface area contributed by atoms with Crippen molar-refractivity contribution in [2.75, 3.05) is 19.0 Å². The third kappa shape index (κ3) is 6.06. The van der Waals surface area contributed by atoms with Crippen LogP contribution in [-0.4, -0.2) is 30.7 Å². The zero-order chi connectivity index (χ0) is 20.7. The first kappa shape index (κ1) is 21.4. The summed E-state index contributed by atoms with van der Waals surface area (Å²) < 4.78 is 10.2. The summed E-state index contributed by atoms with van der Waals surface area (Å²) in [5.41, 5.74) is 3.44.